The van der Waals surface area contributed by atoms with E-state index in [0.29, 0.717) is 17.1 Å². The summed E-state index contributed by atoms with van der Waals surface area (Å²) in [6.45, 7) is 1.93. The molecule has 0 amide bonds. The summed E-state index contributed by atoms with van der Waals surface area (Å²) in [6.07, 6.45) is 4.50. The van der Waals surface area contributed by atoms with Crippen LogP contribution in [0.2, 0.25) is 0 Å². The van der Waals surface area contributed by atoms with E-state index < -0.39 is 10.0 Å². The van der Waals surface area contributed by atoms with Crippen molar-refractivity contribution in [1.29, 1.82) is 0 Å². The largest absolute Gasteiger partial charge is 0.493 e. The van der Waals surface area contributed by atoms with E-state index in [1.54, 1.807) is 61.5 Å². The van der Waals surface area contributed by atoms with Crippen LogP contribution in [0.4, 0.5) is 5.82 Å². The monoisotopic (exact) mass is 537 g/mol. The number of sulfonamides is 1. The molecule has 0 saturated heterocycles. The molecule has 4 rings (SSSR count). The van der Waals surface area contributed by atoms with E-state index in [9.17, 15) is 8.42 Å². The van der Waals surface area contributed by atoms with Crippen molar-refractivity contribution in [2.45, 2.75) is 6.92 Å². The predicted octanol–water partition coefficient (Wildman–Crippen LogP) is 4.15. The van der Waals surface area contributed by atoms with Crippen LogP contribution >= 0.6 is 0 Å². The van der Waals surface area contributed by atoms with Crippen molar-refractivity contribution in [2.75, 3.05) is 25.5 Å². The van der Waals surface area contributed by atoms with Gasteiger partial charge in [-0.15, -0.1) is 0 Å². The Labute approximate surface area is 220 Å². The number of nitrogens with one attached hydrogen (secondary N) is 1. The van der Waals surface area contributed by atoms with E-state index in [0.717, 1.165) is 5.41 Å². The molecule has 0 bridgehead atoms. The summed E-state index contributed by atoms with van der Waals surface area (Å²) in [7, 11) is -1.15. The average Bonchev–Trinajstić information content (AvgIpc) is 2.94. The molecule has 198 valence electrons. The Morgan fingerprint density at radius 2 is 1.50 bits per heavy atom. The van der Waals surface area contributed by atoms with Crippen molar-refractivity contribution in [2.24, 2.45) is 0 Å². The second kappa shape index (κ2) is 13.7. The lowest BCUT2D eigenvalue weighted by molar-refractivity contribution is 0.318. The molecule has 0 fully saturated rings. The van der Waals surface area contributed by atoms with Gasteiger partial charge in [0, 0.05) is 19.0 Å². The molecule has 2 N–H and O–H groups in total. The summed E-state index contributed by atoms with van der Waals surface area (Å²) < 4.78 is 45.0. The zero-order valence-corrected chi connectivity index (χ0v) is 21.8. The van der Waals surface area contributed by atoms with Crippen molar-refractivity contribution < 1.29 is 27.7 Å². The van der Waals surface area contributed by atoms with Crippen molar-refractivity contribution in [3.8, 4) is 34.8 Å². The molecule has 0 atom stereocenters. The molecule has 2 heterocycles. The Balaban J connectivity index is 0.00000127. The van der Waals surface area contributed by atoms with Gasteiger partial charge in [-0.2, -0.15) is 4.98 Å². The first-order chi connectivity index (χ1) is 18.4. The second-order valence-electron chi connectivity index (χ2n) is 7.24. The quantitative estimate of drug-likeness (QED) is 0.319. The highest BCUT2D eigenvalue weighted by atomic mass is 32.2. The van der Waals surface area contributed by atoms with Crippen LogP contribution in [0.1, 0.15) is 12.5 Å². The van der Waals surface area contributed by atoms with Gasteiger partial charge < -0.3 is 19.3 Å². The molecule has 4 aromatic rings. The Bertz CT molecular complexity index is 1450. The number of methoxy groups -OCH3 is 2. The summed E-state index contributed by atoms with van der Waals surface area (Å²) in [6, 6.07) is 17.5. The number of ether oxygens (including phenoxy) is 3. The zero-order chi connectivity index (χ0) is 27.4. The third-order valence-electron chi connectivity index (χ3n) is 4.55. The highest BCUT2D eigenvalue weighted by Gasteiger charge is 2.23. The molecule has 12 heteroatoms. The van der Waals surface area contributed by atoms with Gasteiger partial charge in [-0.05, 0) is 36.8 Å². The molecule has 2 aromatic carbocycles. The lowest BCUT2D eigenvalue weighted by Gasteiger charge is -2.16. The second-order valence-corrected chi connectivity index (χ2v) is 8.80. The average molecular weight is 538 g/mol. The summed E-state index contributed by atoms with van der Waals surface area (Å²) in [5.41, 5.74) is 0.710. The van der Waals surface area contributed by atoms with Crippen LogP contribution in [0, 0.1) is 0 Å². The van der Waals surface area contributed by atoms with Gasteiger partial charge in [-0.3, -0.25) is 4.72 Å². The Hall–Kier alpha value is -4.55. The number of nitrogens with zero attached hydrogens (tertiary/aromatic N) is 4. The normalized spacial score (nSPS) is 10.8. The number of hydrogen-bond donors (Lipinski definition) is 2. The van der Waals surface area contributed by atoms with Gasteiger partial charge >= 0.3 is 0 Å². The van der Waals surface area contributed by atoms with Crippen molar-refractivity contribution in [1.82, 2.24) is 19.9 Å². The fourth-order valence-electron chi connectivity index (χ4n) is 2.96. The van der Waals surface area contributed by atoms with Gasteiger partial charge in [0.1, 0.15) is 0 Å². The maximum absolute atomic E-state index is 12.9. The highest BCUT2D eigenvalue weighted by molar-refractivity contribution is 7.95. The number of aromatic nitrogens is 4. The molecule has 0 aliphatic rings. The fourth-order valence-corrected chi connectivity index (χ4v) is 3.77. The predicted molar refractivity (Wildman–Crippen MR) is 143 cm³/mol. The topological polar surface area (TPSA) is 146 Å². The summed E-state index contributed by atoms with van der Waals surface area (Å²) in [5, 5.41) is 8.60. The van der Waals surface area contributed by atoms with Gasteiger partial charge in [0.25, 0.3) is 15.9 Å². The third kappa shape index (κ3) is 7.72. The van der Waals surface area contributed by atoms with E-state index in [1.807, 2.05) is 6.07 Å². The fraction of sp³-hybridized carbons (Fsp3) is 0.154. The van der Waals surface area contributed by atoms with Crippen LogP contribution < -0.4 is 18.9 Å². The number of hydrogen-bond acceptors (Lipinski definition) is 10. The molecule has 11 nitrogen and oxygen atoms in total. The molecule has 0 saturated carbocycles. The molecule has 0 spiro atoms. The summed E-state index contributed by atoms with van der Waals surface area (Å²) >= 11 is 0. The SMILES string of the molecule is CCO.COc1ccccc1Oc1c(NS(=O)(=O)/C=C/c2ccccc2)nc(-c2ncccn2)nc1OC. The van der Waals surface area contributed by atoms with E-state index in [4.69, 9.17) is 19.3 Å². The first-order valence-corrected chi connectivity index (χ1v) is 12.9. The van der Waals surface area contributed by atoms with Crippen molar-refractivity contribution >= 4 is 21.9 Å². The summed E-state index contributed by atoms with van der Waals surface area (Å²) in [5.74, 6) is 0.688. The highest BCUT2D eigenvalue weighted by Crippen LogP contribution is 2.40. The van der Waals surface area contributed by atoms with Crippen LogP contribution in [0.25, 0.3) is 17.7 Å². The molecule has 0 radical (unpaired) electrons. The Kier molecular flexibility index (Phi) is 10.1. The molecular formula is C26H27N5O6S. The number of benzene rings is 2. The molecule has 0 aliphatic heterocycles. The number of para-hydroxylation sites is 2. The Morgan fingerprint density at radius 3 is 2.13 bits per heavy atom. The van der Waals surface area contributed by atoms with Crippen LogP contribution in [0.3, 0.4) is 0 Å². The van der Waals surface area contributed by atoms with Crippen LogP contribution in [-0.2, 0) is 10.0 Å². The first-order valence-electron chi connectivity index (χ1n) is 11.3. The van der Waals surface area contributed by atoms with Gasteiger partial charge in [-0.1, -0.05) is 42.5 Å². The number of aliphatic hydroxyl groups excluding tert-OH is 1. The third-order valence-corrected chi connectivity index (χ3v) is 5.53. The van der Waals surface area contributed by atoms with E-state index in [1.165, 1.54) is 32.7 Å². The van der Waals surface area contributed by atoms with Gasteiger partial charge in [-0.25, -0.2) is 23.4 Å². The standard InChI is InChI=1S/C24H21N5O5S.C2H6O/c1-32-18-11-6-7-12-19(18)34-20-21(29-35(30,31)16-13-17-9-4-3-5-10-17)27-23(28-24(20)33-2)22-25-14-8-15-26-22;1-2-3/h3-16H,1-2H3,(H,27,28,29);3H,2H2,1H3/b16-13+;. The Morgan fingerprint density at radius 1 is 0.868 bits per heavy atom. The number of anilines is 1. The summed E-state index contributed by atoms with van der Waals surface area (Å²) in [4.78, 5) is 16.9. The minimum atomic E-state index is -4.02. The van der Waals surface area contributed by atoms with Crippen LogP contribution in [0.15, 0.2) is 78.5 Å². The van der Waals surface area contributed by atoms with Crippen LogP contribution in [0.5, 0.6) is 23.1 Å². The lowest BCUT2D eigenvalue weighted by atomic mass is 10.2. The molecule has 2 aromatic heterocycles. The smallest absolute Gasteiger partial charge is 0.263 e. The number of rotatable bonds is 9. The van der Waals surface area contributed by atoms with E-state index >= 15 is 0 Å². The maximum atomic E-state index is 12.9. The van der Waals surface area contributed by atoms with Gasteiger partial charge in [0.15, 0.2) is 23.1 Å². The van der Waals surface area contributed by atoms with Gasteiger partial charge in [0.05, 0.1) is 19.6 Å². The maximum Gasteiger partial charge on any atom is 0.263 e. The van der Waals surface area contributed by atoms with E-state index in [2.05, 4.69) is 24.7 Å². The van der Waals surface area contributed by atoms with Crippen LogP contribution in [-0.4, -0.2) is 54.3 Å². The molecular weight excluding hydrogens is 510 g/mol. The minimum absolute atomic E-state index is 0.0295. The molecule has 0 aliphatic carbocycles. The van der Waals surface area contributed by atoms with Gasteiger partial charge in [0.2, 0.25) is 11.6 Å². The van der Waals surface area contributed by atoms with E-state index in [-0.39, 0.29) is 35.7 Å². The van der Waals surface area contributed by atoms with Crippen molar-refractivity contribution in [3.05, 3.63) is 84.0 Å². The first kappa shape index (κ1) is 28.0. The molecule has 0 unspecified atom stereocenters. The lowest BCUT2D eigenvalue weighted by Crippen LogP contribution is -2.13. The number of aliphatic hydroxyl groups is 1. The zero-order valence-electron chi connectivity index (χ0n) is 21.0. The molecule has 38 heavy (non-hydrogen) atoms. The minimum Gasteiger partial charge on any atom is -0.493 e. The van der Waals surface area contributed by atoms with Crippen molar-refractivity contribution in [3.63, 3.8) is 0 Å².